The topological polar surface area (TPSA) is 49.4 Å². The number of nitrogens with one attached hydrogen (secondary N) is 1. The summed E-state index contributed by atoms with van der Waals surface area (Å²) in [5, 5.41) is 2.92. The molecule has 0 radical (unpaired) electrons. The highest BCUT2D eigenvalue weighted by Gasteiger charge is 2.49. The molecular weight excluding hydrogens is 252 g/mol. The van der Waals surface area contributed by atoms with Crippen molar-refractivity contribution in [1.29, 1.82) is 0 Å². The van der Waals surface area contributed by atoms with Gasteiger partial charge in [-0.1, -0.05) is 34.6 Å². The van der Waals surface area contributed by atoms with Crippen LogP contribution >= 0.6 is 0 Å². The van der Waals surface area contributed by atoms with E-state index < -0.39 is 0 Å². The first kappa shape index (κ1) is 15.3. The Labute approximate surface area is 122 Å². The van der Waals surface area contributed by atoms with E-state index in [1.165, 1.54) is 12.8 Å². The number of carbonyl (C=O) groups excluding carboxylic acids is 2. The van der Waals surface area contributed by atoms with Crippen LogP contribution in [0.5, 0.6) is 0 Å². The van der Waals surface area contributed by atoms with Crippen LogP contribution < -0.4 is 5.32 Å². The van der Waals surface area contributed by atoms with Gasteiger partial charge in [-0.05, 0) is 36.5 Å². The summed E-state index contributed by atoms with van der Waals surface area (Å²) in [6, 6.07) is -0.660. The fourth-order valence-electron chi connectivity index (χ4n) is 3.21. The minimum atomic E-state index is -0.356. The first-order valence-corrected chi connectivity index (χ1v) is 7.92. The summed E-state index contributed by atoms with van der Waals surface area (Å²) < 4.78 is 0. The van der Waals surface area contributed by atoms with Crippen molar-refractivity contribution < 1.29 is 9.59 Å². The third kappa shape index (κ3) is 2.70. The molecule has 1 saturated heterocycles. The lowest BCUT2D eigenvalue weighted by molar-refractivity contribution is -0.153. The van der Waals surface area contributed by atoms with Crippen LogP contribution in [0.3, 0.4) is 0 Å². The number of hydrogen-bond acceptors (Lipinski definition) is 2. The molecular formula is C16H28N2O2. The van der Waals surface area contributed by atoms with E-state index in [1.54, 1.807) is 0 Å². The Morgan fingerprint density at radius 2 is 1.80 bits per heavy atom. The monoisotopic (exact) mass is 280 g/mol. The zero-order valence-electron chi connectivity index (χ0n) is 13.4. The number of piperazine rings is 1. The molecule has 0 aromatic carbocycles. The van der Waals surface area contributed by atoms with Crippen molar-refractivity contribution in [1.82, 2.24) is 10.2 Å². The quantitative estimate of drug-likeness (QED) is 0.839. The molecule has 1 heterocycles. The van der Waals surface area contributed by atoms with E-state index in [9.17, 15) is 9.59 Å². The molecule has 4 nitrogen and oxygen atoms in total. The Hall–Kier alpha value is -1.06. The van der Waals surface area contributed by atoms with Crippen LogP contribution in [0, 0.1) is 17.3 Å². The molecule has 1 saturated carbocycles. The largest absolute Gasteiger partial charge is 0.342 e. The predicted octanol–water partition coefficient (Wildman–Crippen LogP) is 2.18. The molecule has 1 aliphatic heterocycles. The van der Waals surface area contributed by atoms with Crippen molar-refractivity contribution >= 4 is 11.8 Å². The molecule has 0 aromatic rings. The molecule has 2 fully saturated rings. The van der Waals surface area contributed by atoms with Gasteiger partial charge >= 0.3 is 0 Å². The number of hydrogen-bond donors (Lipinski definition) is 1. The maximum atomic E-state index is 12.8. The van der Waals surface area contributed by atoms with Crippen LogP contribution in [-0.4, -0.2) is 35.3 Å². The van der Waals surface area contributed by atoms with E-state index in [1.807, 2.05) is 32.6 Å². The molecule has 2 aliphatic rings. The molecule has 0 aromatic heterocycles. The second-order valence-electron chi connectivity index (χ2n) is 7.24. The van der Waals surface area contributed by atoms with Gasteiger partial charge < -0.3 is 10.2 Å². The smallest absolute Gasteiger partial charge is 0.246 e. The Bertz CT molecular complexity index is 399. The van der Waals surface area contributed by atoms with Gasteiger partial charge in [-0.25, -0.2) is 0 Å². The molecule has 0 bridgehead atoms. The number of rotatable bonds is 5. The fourth-order valence-corrected chi connectivity index (χ4v) is 3.21. The minimum absolute atomic E-state index is 0.0187. The molecule has 2 amide bonds. The third-order valence-corrected chi connectivity index (χ3v) is 4.96. The Morgan fingerprint density at radius 3 is 2.20 bits per heavy atom. The fraction of sp³-hybridized carbons (Fsp3) is 0.875. The molecule has 114 valence electrons. The predicted molar refractivity (Wildman–Crippen MR) is 79.1 cm³/mol. The Balaban J connectivity index is 2.24. The molecule has 2 atom stereocenters. The van der Waals surface area contributed by atoms with Crippen LogP contribution in [-0.2, 0) is 9.59 Å². The summed E-state index contributed by atoms with van der Waals surface area (Å²) in [7, 11) is 0. The van der Waals surface area contributed by atoms with Gasteiger partial charge in [-0.15, -0.1) is 0 Å². The highest BCUT2D eigenvalue weighted by Crippen LogP contribution is 2.49. The summed E-state index contributed by atoms with van der Waals surface area (Å²) in [5.41, 5.74) is 0.280. The van der Waals surface area contributed by atoms with Gasteiger partial charge in [0.15, 0.2) is 0 Å². The molecule has 2 unspecified atom stereocenters. The lowest BCUT2D eigenvalue weighted by Gasteiger charge is -2.43. The van der Waals surface area contributed by atoms with Crippen LogP contribution in [0.4, 0.5) is 0 Å². The van der Waals surface area contributed by atoms with Crippen molar-refractivity contribution in [2.24, 2.45) is 17.3 Å². The number of nitrogens with zero attached hydrogens (tertiary/aromatic N) is 1. The van der Waals surface area contributed by atoms with Crippen molar-refractivity contribution in [2.45, 2.75) is 66.0 Å². The van der Waals surface area contributed by atoms with Gasteiger partial charge in [0.1, 0.15) is 12.1 Å². The Morgan fingerprint density at radius 1 is 1.20 bits per heavy atom. The Kier molecular flexibility index (Phi) is 4.12. The normalized spacial score (nSPS) is 29.1. The average molecular weight is 280 g/mol. The molecule has 0 spiro atoms. The van der Waals surface area contributed by atoms with Gasteiger partial charge in [0, 0.05) is 6.54 Å². The maximum Gasteiger partial charge on any atom is 0.246 e. The minimum Gasteiger partial charge on any atom is -0.342 e. The van der Waals surface area contributed by atoms with E-state index in [2.05, 4.69) is 12.2 Å². The standard InChI is InChI=1S/C16H28N2O2/c1-6-16(7-8-16)9-18-13(11(4)5)14(19)17-12(10(2)3)15(18)20/h10-13H,6-9H2,1-5H3,(H,17,19). The van der Waals surface area contributed by atoms with Crippen molar-refractivity contribution in [2.75, 3.05) is 6.54 Å². The van der Waals surface area contributed by atoms with E-state index in [4.69, 9.17) is 0 Å². The van der Waals surface area contributed by atoms with Crippen LogP contribution in [0.25, 0.3) is 0 Å². The zero-order valence-corrected chi connectivity index (χ0v) is 13.4. The summed E-state index contributed by atoms with van der Waals surface area (Å²) in [6.45, 7) is 11.0. The third-order valence-electron chi connectivity index (χ3n) is 4.96. The maximum absolute atomic E-state index is 12.8. The van der Waals surface area contributed by atoms with Crippen molar-refractivity contribution in [3.63, 3.8) is 0 Å². The van der Waals surface area contributed by atoms with Gasteiger partial charge in [0.05, 0.1) is 0 Å². The highest BCUT2D eigenvalue weighted by molar-refractivity contribution is 5.97. The van der Waals surface area contributed by atoms with Crippen LogP contribution in [0.2, 0.25) is 0 Å². The van der Waals surface area contributed by atoms with E-state index in [0.29, 0.717) is 0 Å². The van der Waals surface area contributed by atoms with E-state index in [-0.39, 0.29) is 41.1 Å². The van der Waals surface area contributed by atoms with Gasteiger partial charge in [-0.3, -0.25) is 9.59 Å². The van der Waals surface area contributed by atoms with E-state index >= 15 is 0 Å². The van der Waals surface area contributed by atoms with Crippen molar-refractivity contribution in [3.8, 4) is 0 Å². The van der Waals surface area contributed by atoms with Crippen LogP contribution in [0.1, 0.15) is 53.9 Å². The molecule has 2 rings (SSSR count). The highest BCUT2D eigenvalue weighted by atomic mass is 16.2. The molecule has 1 aliphatic carbocycles. The summed E-state index contributed by atoms with van der Waals surface area (Å²) in [4.78, 5) is 27.0. The lowest BCUT2D eigenvalue weighted by atomic mass is 9.90. The van der Waals surface area contributed by atoms with Gasteiger partial charge in [-0.2, -0.15) is 0 Å². The summed E-state index contributed by atoms with van der Waals surface area (Å²) in [6.07, 6.45) is 3.47. The first-order chi connectivity index (χ1) is 9.31. The molecule has 4 heteroatoms. The SMILES string of the molecule is CCC1(CN2C(=O)C(C(C)C)NC(=O)C2C(C)C)CC1. The second kappa shape index (κ2) is 5.38. The summed E-state index contributed by atoms with van der Waals surface area (Å²) >= 11 is 0. The van der Waals surface area contributed by atoms with Crippen LogP contribution in [0.15, 0.2) is 0 Å². The van der Waals surface area contributed by atoms with Gasteiger partial charge in [0.25, 0.3) is 0 Å². The van der Waals surface area contributed by atoms with E-state index in [0.717, 1.165) is 13.0 Å². The number of carbonyl (C=O) groups is 2. The lowest BCUT2D eigenvalue weighted by Crippen LogP contribution is -2.66. The number of amides is 2. The molecule has 20 heavy (non-hydrogen) atoms. The molecule has 1 N–H and O–H groups in total. The second-order valence-corrected chi connectivity index (χ2v) is 7.24. The zero-order chi connectivity index (χ0) is 15.1. The average Bonchev–Trinajstić information content (AvgIpc) is 3.13. The summed E-state index contributed by atoms with van der Waals surface area (Å²) in [5.74, 6) is 0.418. The van der Waals surface area contributed by atoms with Gasteiger partial charge in [0.2, 0.25) is 11.8 Å². The van der Waals surface area contributed by atoms with Crippen molar-refractivity contribution in [3.05, 3.63) is 0 Å². The first-order valence-electron chi connectivity index (χ1n) is 7.92.